The van der Waals surface area contributed by atoms with Gasteiger partial charge in [-0.3, -0.25) is 14.3 Å². The molecule has 0 spiro atoms. The molecule has 1 aromatic carbocycles. The van der Waals surface area contributed by atoms with E-state index in [0.717, 1.165) is 11.1 Å². The molecule has 3 aromatic heterocycles. The normalized spacial score (nSPS) is 10.6. The number of pyridine rings is 2. The van der Waals surface area contributed by atoms with Gasteiger partial charge in [-0.05, 0) is 22.8 Å². The van der Waals surface area contributed by atoms with E-state index in [2.05, 4.69) is 21.5 Å². The van der Waals surface area contributed by atoms with Crippen LogP contribution in [0.4, 0.5) is 0 Å². The fourth-order valence-electron chi connectivity index (χ4n) is 3.80. The molecule has 0 aliphatic rings. The second kappa shape index (κ2) is 11.8. The van der Waals surface area contributed by atoms with Crippen LogP contribution in [0, 0.1) is 11.3 Å². The summed E-state index contributed by atoms with van der Waals surface area (Å²) in [4.78, 5) is 29.0. The van der Waals surface area contributed by atoms with Crippen LogP contribution in [0.1, 0.15) is 38.3 Å². The number of ether oxygens (including phenoxy) is 2. The predicted molar refractivity (Wildman–Crippen MR) is 135 cm³/mol. The molecule has 0 saturated heterocycles. The summed E-state index contributed by atoms with van der Waals surface area (Å²) in [5.41, 5.74) is 3.80. The summed E-state index contributed by atoms with van der Waals surface area (Å²) in [7, 11) is 3.03. The molecule has 1 N–H and O–H groups in total. The average Bonchev–Trinajstić information content (AvgIpc) is 3.31. The molecular formula is C27H26N6O4. The second-order valence-corrected chi connectivity index (χ2v) is 8.28. The van der Waals surface area contributed by atoms with Crippen LogP contribution in [-0.2, 0) is 31.0 Å². The lowest BCUT2D eigenvalue weighted by atomic mass is 10.1. The Kier molecular flexibility index (Phi) is 8.08. The van der Waals surface area contributed by atoms with Gasteiger partial charge in [0.05, 0.1) is 37.9 Å². The number of carbonyl (C=O) groups is 1. The molecule has 10 nitrogen and oxygen atoms in total. The summed E-state index contributed by atoms with van der Waals surface area (Å²) in [6, 6.07) is 16.7. The smallest absolute Gasteiger partial charge is 0.255 e. The highest BCUT2D eigenvalue weighted by molar-refractivity contribution is 5.95. The first-order valence-corrected chi connectivity index (χ1v) is 11.5. The molecule has 0 aliphatic heterocycles. The van der Waals surface area contributed by atoms with E-state index in [9.17, 15) is 14.9 Å². The zero-order chi connectivity index (χ0) is 26.2. The minimum absolute atomic E-state index is 0.0495. The lowest BCUT2D eigenvalue weighted by molar-refractivity contribution is 0.0945. The number of hydrogen-bond acceptors (Lipinski definition) is 7. The maximum absolute atomic E-state index is 13.0. The number of rotatable bonds is 10. The van der Waals surface area contributed by atoms with Gasteiger partial charge in [0.15, 0.2) is 0 Å². The SMILES string of the molecule is COCc1nn(Cc2ccc(Cn3ccccc3=O)cc2)cc1C(=O)NCc1cc(OC)ncc1C#N. The minimum atomic E-state index is -0.332. The first-order chi connectivity index (χ1) is 18.0. The van der Waals surface area contributed by atoms with Crippen LogP contribution < -0.4 is 15.6 Å². The Bertz CT molecular complexity index is 1480. The van der Waals surface area contributed by atoms with Crippen molar-refractivity contribution in [2.45, 2.75) is 26.2 Å². The number of nitrogens with zero attached hydrogens (tertiary/aromatic N) is 5. The molecule has 1 amide bonds. The Morgan fingerprint density at radius 1 is 1.11 bits per heavy atom. The molecular weight excluding hydrogens is 472 g/mol. The van der Waals surface area contributed by atoms with Crippen molar-refractivity contribution >= 4 is 5.91 Å². The highest BCUT2D eigenvalue weighted by Crippen LogP contribution is 2.15. The van der Waals surface area contributed by atoms with E-state index in [1.165, 1.54) is 19.4 Å². The molecule has 0 unspecified atom stereocenters. The van der Waals surface area contributed by atoms with Crippen molar-refractivity contribution in [2.24, 2.45) is 0 Å². The van der Waals surface area contributed by atoms with Crippen LogP contribution in [0.5, 0.6) is 5.88 Å². The van der Waals surface area contributed by atoms with E-state index in [-0.39, 0.29) is 24.6 Å². The van der Waals surface area contributed by atoms with Gasteiger partial charge in [-0.25, -0.2) is 4.98 Å². The molecule has 4 rings (SSSR count). The molecule has 3 heterocycles. The van der Waals surface area contributed by atoms with Gasteiger partial charge < -0.3 is 19.4 Å². The number of hydrogen-bond donors (Lipinski definition) is 1. The molecule has 0 radical (unpaired) electrons. The number of benzene rings is 1. The standard InChI is InChI=1S/C27H26N6O4/c1-36-18-24-23(27(35)30-13-21-11-25(37-2)29-14-22(21)12-28)17-33(31-24)16-20-8-6-19(7-9-20)15-32-10-4-3-5-26(32)34/h3-11,14,17H,13,15-16,18H2,1-2H3,(H,30,35). The number of methoxy groups -OCH3 is 2. The number of nitrogens with one attached hydrogen (secondary N) is 1. The summed E-state index contributed by atoms with van der Waals surface area (Å²) in [6.07, 6.45) is 4.85. The van der Waals surface area contributed by atoms with Crippen LogP contribution in [0.2, 0.25) is 0 Å². The van der Waals surface area contributed by atoms with Crippen molar-refractivity contribution in [3.8, 4) is 11.9 Å². The molecule has 0 bridgehead atoms. The average molecular weight is 499 g/mol. The Morgan fingerprint density at radius 3 is 2.54 bits per heavy atom. The van der Waals surface area contributed by atoms with Crippen molar-refractivity contribution in [3.05, 3.63) is 111 Å². The lowest BCUT2D eigenvalue weighted by Crippen LogP contribution is -2.24. The van der Waals surface area contributed by atoms with Crippen molar-refractivity contribution in [3.63, 3.8) is 0 Å². The quantitative estimate of drug-likeness (QED) is 0.356. The summed E-state index contributed by atoms with van der Waals surface area (Å²) >= 11 is 0. The van der Waals surface area contributed by atoms with E-state index in [1.54, 1.807) is 40.9 Å². The maximum Gasteiger partial charge on any atom is 0.255 e. The minimum Gasteiger partial charge on any atom is -0.481 e. The monoisotopic (exact) mass is 498 g/mol. The fourth-order valence-corrected chi connectivity index (χ4v) is 3.80. The first kappa shape index (κ1) is 25.3. The molecule has 0 atom stereocenters. The topological polar surface area (TPSA) is 124 Å². The Balaban J connectivity index is 1.46. The predicted octanol–water partition coefficient (Wildman–Crippen LogP) is 2.49. The van der Waals surface area contributed by atoms with Gasteiger partial charge in [0.1, 0.15) is 11.8 Å². The number of amides is 1. The lowest BCUT2D eigenvalue weighted by Gasteiger charge is -2.08. The number of aromatic nitrogens is 4. The number of nitriles is 1. The van der Waals surface area contributed by atoms with Crippen molar-refractivity contribution in [2.75, 3.05) is 14.2 Å². The van der Waals surface area contributed by atoms with Crippen LogP contribution in [0.25, 0.3) is 0 Å². The summed E-state index contributed by atoms with van der Waals surface area (Å²) < 4.78 is 13.7. The summed E-state index contributed by atoms with van der Waals surface area (Å²) in [5, 5.41) is 16.7. The molecule has 4 aromatic rings. The first-order valence-electron chi connectivity index (χ1n) is 11.5. The van der Waals surface area contributed by atoms with E-state index in [1.807, 2.05) is 30.3 Å². The van der Waals surface area contributed by atoms with Gasteiger partial charge in [-0.15, -0.1) is 0 Å². The van der Waals surface area contributed by atoms with Gasteiger partial charge in [-0.2, -0.15) is 10.4 Å². The number of carbonyl (C=O) groups excluding carboxylic acids is 1. The Labute approximate surface area is 213 Å². The Hall–Kier alpha value is -4.75. The van der Waals surface area contributed by atoms with Gasteiger partial charge in [0.2, 0.25) is 5.88 Å². The van der Waals surface area contributed by atoms with E-state index >= 15 is 0 Å². The van der Waals surface area contributed by atoms with Gasteiger partial charge in [-0.1, -0.05) is 30.3 Å². The Morgan fingerprint density at radius 2 is 1.86 bits per heavy atom. The molecule has 37 heavy (non-hydrogen) atoms. The van der Waals surface area contributed by atoms with Crippen LogP contribution in [0.15, 0.2) is 71.9 Å². The van der Waals surface area contributed by atoms with Gasteiger partial charge in [0.25, 0.3) is 11.5 Å². The zero-order valence-corrected chi connectivity index (χ0v) is 20.5. The fraction of sp³-hybridized carbons (Fsp3) is 0.222. The molecule has 0 aliphatic carbocycles. The van der Waals surface area contributed by atoms with Gasteiger partial charge in [0, 0.05) is 44.4 Å². The third-order valence-corrected chi connectivity index (χ3v) is 5.72. The van der Waals surface area contributed by atoms with Crippen molar-refractivity contribution in [1.29, 1.82) is 5.26 Å². The van der Waals surface area contributed by atoms with E-state index in [0.29, 0.717) is 41.4 Å². The largest absolute Gasteiger partial charge is 0.481 e. The molecule has 188 valence electrons. The maximum atomic E-state index is 13.0. The van der Waals surface area contributed by atoms with Gasteiger partial charge >= 0.3 is 0 Å². The zero-order valence-electron chi connectivity index (χ0n) is 20.5. The van der Waals surface area contributed by atoms with Crippen molar-refractivity contribution in [1.82, 2.24) is 24.6 Å². The van der Waals surface area contributed by atoms with E-state index < -0.39 is 0 Å². The summed E-state index contributed by atoms with van der Waals surface area (Å²) in [6.45, 7) is 1.24. The molecule has 0 fully saturated rings. The third-order valence-electron chi connectivity index (χ3n) is 5.72. The van der Waals surface area contributed by atoms with Crippen LogP contribution >= 0.6 is 0 Å². The van der Waals surface area contributed by atoms with Crippen molar-refractivity contribution < 1.29 is 14.3 Å². The van der Waals surface area contributed by atoms with E-state index in [4.69, 9.17) is 9.47 Å². The van der Waals surface area contributed by atoms with Crippen LogP contribution in [-0.4, -0.2) is 39.5 Å². The van der Waals surface area contributed by atoms with Crippen LogP contribution in [0.3, 0.4) is 0 Å². The molecule has 10 heteroatoms. The highest BCUT2D eigenvalue weighted by atomic mass is 16.5. The summed E-state index contributed by atoms with van der Waals surface area (Å²) in [5.74, 6) is 0.0274. The molecule has 0 saturated carbocycles. The highest BCUT2D eigenvalue weighted by Gasteiger charge is 2.17. The third kappa shape index (κ3) is 6.28. The second-order valence-electron chi connectivity index (χ2n) is 8.28.